The Morgan fingerprint density at radius 3 is 2.50 bits per heavy atom. The normalized spacial score (nSPS) is 21.7. The predicted octanol–water partition coefficient (Wildman–Crippen LogP) is 1.25. The molecular weight excluding hydrogens is 226 g/mol. The van der Waals surface area contributed by atoms with Gasteiger partial charge >= 0.3 is 0 Å². The first-order chi connectivity index (χ1) is 8.72. The van der Waals surface area contributed by atoms with E-state index in [0.717, 1.165) is 25.1 Å². The Labute approximate surface area is 109 Å². The maximum atomic E-state index is 5.80. The fourth-order valence-electron chi connectivity index (χ4n) is 2.93. The van der Waals surface area contributed by atoms with Crippen molar-refractivity contribution in [3.63, 3.8) is 0 Å². The lowest BCUT2D eigenvalue weighted by Gasteiger charge is -2.44. The molecule has 1 aromatic heterocycles. The molecule has 0 radical (unpaired) electrons. The van der Waals surface area contributed by atoms with Gasteiger partial charge in [0.05, 0.1) is 6.04 Å². The molecule has 5 heteroatoms. The molecule has 0 amide bonds. The minimum atomic E-state index is 0.00988. The van der Waals surface area contributed by atoms with E-state index >= 15 is 0 Å². The van der Waals surface area contributed by atoms with Crippen molar-refractivity contribution in [2.75, 3.05) is 13.1 Å². The molecule has 0 aromatic carbocycles. The molecule has 0 aliphatic carbocycles. The number of hydrogen-bond acceptors (Lipinski definition) is 5. The third-order valence-corrected chi connectivity index (χ3v) is 4.25. The minimum absolute atomic E-state index is 0.00988. The average molecular weight is 249 g/mol. The second kappa shape index (κ2) is 5.73. The SMILES string of the molecule is CCC(C)(C(NN)c1cncnc1)N1CCCC1. The van der Waals surface area contributed by atoms with Crippen LogP contribution in [0, 0.1) is 0 Å². The maximum absolute atomic E-state index is 5.80. The largest absolute Gasteiger partial charge is 0.296 e. The molecule has 1 saturated heterocycles. The lowest BCUT2D eigenvalue weighted by atomic mass is 9.84. The van der Waals surface area contributed by atoms with Crippen LogP contribution >= 0.6 is 0 Å². The Kier molecular flexibility index (Phi) is 4.27. The van der Waals surface area contributed by atoms with Crippen molar-refractivity contribution in [2.24, 2.45) is 5.84 Å². The fourth-order valence-corrected chi connectivity index (χ4v) is 2.93. The number of hydrazine groups is 1. The van der Waals surface area contributed by atoms with Gasteiger partial charge in [0.1, 0.15) is 6.33 Å². The van der Waals surface area contributed by atoms with E-state index in [0.29, 0.717) is 0 Å². The fraction of sp³-hybridized carbons (Fsp3) is 0.692. The number of hydrogen-bond donors (Lipinski definition) is 2. The predicted molar refractivity (Wildman–Crippen MR) is 71.6 cm³/mol. The Morgan fingerprint density at radius 2 is 2.00 bits per heavy atom. The molecule has 1 aromatic rings. The Bertz CT molecular complexity index is 363. The van der Waals surface area contributed by atoms with Gasteiger partial charge in [0.25, 0.3) is 0 Å². The summed E-state index contributed by atoms with van der Waals surface area (Å²) < 4.78 is 0. The highest BCUT2D eigenvalue weighted by atomic mass is 15.3. The number of aromatic nitrogens is 2. The summed E-state index contributed by atoms with van der Waals surface area (Å²) in [4.78, 5) is 10.7. The zero-order valence-electron chi connectivity index (χ0n) is 11.3. The highest BCUT2D eigenvalue weighted by Crippen LogP contribution is 2.35. The first-order valence-electron chi connectivity index (χ1n) is 6.68. The number of nitrogens with one attached hydrogen (secondary N) is 1. The molecule has 0 saturated carbocycles. The van der Waals surface area contributed by atoms with Gasteiger partial charge in [0.2, 0.25) is 0 Å². The van der Waals surface area contributed by atoms with Crippen molar-refractivity contribution in [1.29, 1.82) is 0 Å². The van der Waals surface area contributed by atoms with Crippen LogP contribution in [-0.2, 0) is 0 Å². The van der Waals surface area contributed by atoms with E-state index in [2.05, 4.69) is 34.1 Å². The first-order valence-corrected chi connectivity index (χ1v) is 6.68. The van der Waals surface area contributed by atoms with Gasteiger partial charge in [0, 0.05) is 23.5 Å². The summed E-state index contributed by atoms with van der Waals surface area (Å²) in [6, 6.07) is 0.0572. The Hall–Kier alpha value is -1.04. The molecule has 1 aliphatic heterocycles. The van der Waals surface area contributed by atoms with E-state index in [9.17, 15) is 0 Å². The van der Waals surface area contributed by atoms with Gasteiger partial charge in [-0.2, -0.15) is 0 Å². The van der Waals surface area contributed by atoms with Gasteiger partial charge in [-0.1, -0.05) is 6.92 Å². The van der Waals surface area contributed by atoms with Gasteiger partial charge in [-0.05, 0) is 39.3 Å². The van der Waals surface area contributed by atoms with Gasteiger partial charge < -0.3 is 0 Å². The molecule has 2 rings (SSSR count). The van der Waals surface area contributed by atoms with Crippen LogP contribution in [0.15, 0.2) is 18.7 Å². The van der Waals surface area contributed by atoms with Crippen LogP contribution in [0.2, 0.25) is 0 Å². The molecule has 1 fully saturated rings. The van der Waals surface area contributed by atoms with Gasteiger partial charge in [-0.25, -0.2) is 9.97 Å². The summed E-state index contributed by atoms with van der Waals surface area (Å²) in [6.07, 6.45) is 8.84. The molecule has 2 unspecified atom stereocenters. The first kappa shape index (κ1) is 13.4. The summed E-state index contributed by atoms with van der Waals surface area (Å²) in [5, 5.41) is 0. The third kappa shape index (κ3) is 2.39. The highest BCUT2D eigenvalue weighted by molar-refractivity contribution is 5.16. The Balaban J connectivity index is 2.28. The number of nitrogens with zero attached hydrogens (tertiary/aromatic N) is 3. The topological polar surface area (TPSA) is 67.1 Å². The molecule has 0 bridgehead atoms. The summed E-state index contributed by atoms with van der Waals surface area (Å²) >= 11 is 0. The van der Waals surface area contributed by atoms with E-state index in [1.54, 1.807) is 6.33 Å². The minimum Gasteiger partial charge on any atom is -0.296 e. The summed E-state index contributed by atoms with van der Waals surface area (Å²) in [5.41, 5.74) is 4.03. The molecule has 1 aliphatic rings. The second-order valence-corrected chi connectivity index (χ2v) is 5.18. The smallest absolute Gasteiger partial charge is 0.115 e. The highest BCUT2D eigenvalue weighted by Gasteiger charge is 2.40. The van der Waals surface area contributed by atoms with Crippen molar-refractivity contribution >= 4 is 0 Å². The lowest BCUT2D eigenvalue weighted by Crippen LogP contribution is -2.54. The van der Waals surface area contributed by atoms with Crippen LogP contribution in [-0.4, -0.2) is 33.5 Å². The maximum Gasteiger partial charge on any atom is 0.115 e. The molecule has 2 atom stereocenters. The summed E-state index contributed by atoms with van der Waals surface area (Å²) in [7, 11) is 0. The Morgan fingerprint density at radius 1 is 1.39 bits per heavy atom. The monoisotopic (exact) mass is 249 g/mol. The van der Waals surface area contributed by atoms with E-state index in [1.807, 2.05) is 12.4 Å². The zero-order valence-corrected chi connectivity index (χ0v) is 11.3. The van der Waals surface area contributed by atoms with E-state index < -0.39 is 0 Å². The molecular formula is C13H23N5. The van der Waals surface area contributed by atoms with Gasteiger partial charge in [-0.3, -0.25) is 16.2 Å². The standard InChI is InChI=1S/C13H23N5/c1-3-13(2,18-6-4-5-7-18)12(17-14)11-8-15-10-16-9-11/h8-10,12,17H,3-7,14H2,1-2H3. The van der Waals surface area contributed by atoms with Crippen LogP contribution in [0.1, 0.15) is 44.7 Å². The van der Waals surface area contributed by atoms with Crippen molar-refractivity contribution in [3.8, 4) is 0 Å². The molecule has 18 heavy (non-hydrogen) atoms. The van der Waals surface area contributed by atoms with Crippen LogP contribution in [0.5, 0.6) is 0 Å². The molecule has 0 spiro atoms. The second-order valence-electron chi connectivity index (χ2n) is 5.18. The zero-order chi connectivity index (χ0) is 13.0. The van der Waals surface area contributed by atoms with E-state index in [1.165, 1.54) is 12.8 Å². The van der Waals surface area contributed by atoms with Crippen molar-refractivity contribution < 1.29 is 0 Å². The van der Waals surface area contributed by atoms with E-state index in [-0.39, 0.29) is 11.6 Å². The van der Waals surface area contributed by atoms with Crippen molar-refractivity contribution in [3.05, 3.63) is 24.3 Å². The number of nitrogens with two attached hydrogens (primary N) is 1. The van der Waals surface area contributed by atoms with Crippen LogP contribution in [0.25, 0.3) is 0 Å². The molecule has 100 valence electrons. The van der Waals surface area contributed by atoms with Crippen LogP contribution in [0.3, 0.4) is 0 Å². The summed E-state index contributed by atoms with van der Waals surface area (Å²) in [5.74, 6) is 5.80. The third-order valence-electron chi connectivity index (χ3n) is 4.25. The van der Waals surface area contributed by atoms with Gasteiger partial charge in [0.15, 0.2) is 0 Å². The van der Waals surface area contributed by atoms with Crippen LogP contribution < -0.4 is 11.3 Å². The number of likely N-dealkylation sites (tertiary alicyclic amines) is 1. The number of rotatable bonds is 5. The average Bonchev–Trinajstić information content (AvgIpc) is 2.95. The van der Waals surface area contributed by atoms with Crippen molar-refractivity contribution in [1.82, 2.24) is 20.3 Å². The van der Waals surface area contributed by atoms with Gasteiger partial charge in [-0.15, -0.1) is 0 Å². The lowest BCUT2D eigenvalue weighted by molar-refractivity contribution is 0.0837. The van der Waals surface area contributed by atoms with Crippen LogP contribution in [0.4, 0.5) is 0 Å². The summed E-state index contributed by atoms with van der Waals surface area (Å²) in [6.45, 7) is 6.79. The van der Waals surface area contributed by atoms with Crippen molar-refractivity contribution in [2.45, 2.75) is 44.7 Å². The van der Waals surface area contributed by atoms with E-state index in [4.69, 9.17) is 5.84 Å². The molecule has 2 heterocycles. The quantitative estimate of drug-likeness (QED) is 0.607. The molecule has 5 nitrogen and oxygen atoms in total. The molecule has 3 N–H and O–H groups in total.